The van der Waals surface area contributed by atoms with Gasteiger partial charge in [-0.25, -0.2) is 13.2 Å². The molecule has 30 heavy (non-hydrogen) atoms. The number of rotatable bonds is 8. The van der Waals surface area contributed by atoms with Gasteiger partial charge in [-0.15, -0.1) is 0 Å². The second kappa shape index (κ2) is 10.2. The zero-order chi connectivity index (χ0) is 22.5. The molecule has 2 rings (SSSR count). The molecule has 0 radical (unpaired) electrons. The fourth-order valence-electron chi connectivity index (χ4n) is 3.72. The van der Waals surface area contributed by atoms with Gasteiger partial charge in [-0.1, -0.05) is 26.0 Å². The van der Waals surface area contributed by atoms with E-state index >= 15 is 0 Å². The van der Waals surface area contributed by atoms with Crippen molar-refractivity contribution in [2.24, 2.45) is 11.8 Å². The van der Waals surface area contributed by atoms with E-state index in [1.165, 1.54) is 28.6 Å². The van der Waals surface area contributed by atoms with E-state index in [4.69, 9.17) is 4.74 Å². The second-order valence-electron chi connectivity index (χ2n) is 8.23. The molecule has 2 unspecified atom stereocenters. The minimum atomic E-state index is -3.61. The fourth-order valence-corrected chi connectivity index (χ4v) is 5.40. The first-order valence-electron chi connectivity index (χ1n) is 10.2. The smallest absolute Gasteiger partial charge is 0.338 e. The highest BCUT2D eigenvalue weighted by Gasteiger charge is 2.31. The Morgan fingerprint density at radius 3 is 2.23 bits per heavy atom. The van der Waals surface area contributed by atoms with Crippen molar-refractivity contribution in [3.8, 4) is 0 Å². The summed E-state index contributed by atoms with van der Waals surface area (Å²) in [6.45, 7) is 13.1. The van der Waals surface area contributed by atoms with Crippen molar-refractivity contribution < 1.29 is 22.7 Å². The molecule has 0 saturated carbocycles. The molecule has 1 aliphatic rings. The maximum atomic E-state index is 12.9. The molecule has 0 spiro atoms. The third-order valence-electron chi connectivity index (χ3n) is 5.09. The summed E-state index contributed by atoms with van der Waals surface area (Å²) in [5.41, 5.74) is 1.04. The molecule has 1 amide bonds. The number of carbonyl (C=O) groups is 2. The van der Waals surface area contributed by atoms with Crippen molar-refractivity contribution in [1.82, 2.24) is 9.21 Å². The number of piperidine rings is 1. The zero-order valence-corrected chi connectivity index (χ0v) is 19.1. The number of sulfonamides is 1. The summed E-state index contributed by atoms with van der Waals surface area (Å²) in [7, 11) is -3.61. The molecule has 1 aliphatic heterocycles. The Labute approximate surface area is 179 Å². The molecule has 1 heterocycles. The summed E-state index contributed by atoms with van der Waals surface area (Å²) in [6.07, 6.45) is 1.01. The van der Waals surface area contributed by atoms with Gasteiger partial charge in [-0.05, 0) is 56.4 Å². The lowest BCUT2D eigenvalue weighted by Crippen LogP contribution is -2.42. The van der Waals surface area contributed by atoms with Crippen LogP contribution in [0.4, 0.5) is 0 Å². The van der Waals surface area contributed by atoms with Crippen LogP contribution in [0.2, 0.25) is 0 Å². The van der Waals surface area contributed by atoms with Gasteiger partial charge in [0.1, 0.15) is 0 Å². The van der Waals surface area contributed by atoms with Gasteiger partial charge in [0.25, 0.3) is 5.91 Å². The highest BCUT2D eigenvalue weighted by atomic mass is 32.2. The molecule has 1 saturated heterocycles. The Morgan fingerprint density at radius 2 is 1.73 bits per heavy atom. The van der Waals surface area contributed by atoms with E-state index in [2.05, 4.69) is 20.4 Å². The normalized spacial score (nSPS) is 19.9. The largest absolute Gasteiger partial charge is 0.452 e. The van der Waals surface area contributed by atoms with E-state index in [0.29, 0.717) is 38.0 Å². The van der Waals surface area contributed by atoms with E-state index in [-0.39, 0.29) is 23.0 Å². The minimum absolute atomic E-state index is 0.148. The quantitative estimate of drug-likeness (QED) is 0.462. The maximum absolute atomic E-state index is 12.9. The first kappa shape index (κ1) is 24.1. The number of nitrogens with zero attached hydrogens (tertiary/aromatic N) is 2. The second-order valence-corrected chi connectivity index (χ2v) is 10.2. The molecule has 0 bridgehead atoms. The lowest BCUT2D eigenvalue weighted by molar-refractivity contribution is -0.133. The summed E-state index contributed by atoms with van der Waals surface area (Å²) in [4.78, 5) is 26.1. The van der Waals surface area contributed by atoms with E-state index < -0.39 is 16.0 Å². The van der Waals surface area contributed by atoms with Crippen LogP contribution in [0.25, 0.3) is 0 Å². The number of amides is 1. The van der Waals surface area contributed by atoms with E-state index in [1.807, 2.05) is 13.8 Å². The van der Waals surface area contributed by atoms with Crippen LogP contribution in [-0.4, -0.2) is 62.3 Å². The van der Waals surface area contributed by atoms with Gasteiger partial charge in [0.2, 0.25) is 10.0 Å². The fraction of sp³-hybridized carbons (Fsp3) is 0.545. The molecule has 8 heteroatoms. The number of hydrogen-bond donors (Lipinski definition) is 0. The average molecular weight is 437 g/mol. The van der Waals surface area contributed by atoms with Crippen LogP contribution in [0.3, 0.4) is 0 Å². The Bertz CT molecular complexity index is 869. The Morgan fingerprint density at radius 1 is 1.17 bits per heavy atom. The number of carbonyl (C=O) groups excluding carboxylic acids is 2. The SMILES string of the molecule is C=C(C)CN(CC)C(=O)COC(=O)c1ccc(S(=O)(=O)N2CC(C)CC(C)C2)cc1. The number of benzene rings is 1. The Hall–Kier alpha value is -2.19. The van der Waals surface area contributed by atoms with E-state index in [1.54, 1.807) is 4.90 Å². The van der Waals surface area contributed by atoms with Crippen molar-refractivity contribution in [3.05, 3.63) is 42.0 Å². The molecule has 7 nitrogen and oxygen atoms in total. The number of hydrogen-bond acceptors (Lipinski definition) is 5. The molecule has 0 aromatic heterocycles. The van der Waals surface area contributed by atoms with Gasteiger partial charge >= 0.3 is 5.97 Å². The van der Waals surface area contributed by atoms with Crippen LogP contribution < -0.4 is 0 Å². The van der Waals surface area contributed by atoms with Gasteiger partial charge in [0.15, 0.2) is 6.61 Å². The lowest BCUT2D eigenvalue weighted by Gasteiger charge is -2.34. The van der Waals surface area contributed by atoms with Gasteiger partial charge in [-0.3, -0.25) is 4.79 Å². The van der Waals surface area contributed by atoms with Crippen LogP contribution in [0.15, 0.2) is 41.3 Å². The van der Waals surface area contributed by atoms with Gasteiger partial charge in [0, 0.05) is 26.2 Å². The first-order valence-corrected chi connectivity index (χ1v) is 11.7. The van der Waals surface area contributed by atoms with Crippen LogP contribution in [0.5, 0.6) is 0 Å². The molecule has 166 valence electrons. The molecule has 1 aromatic carbocycles. The molecule has 0 aliphatic carbocycles. The van der Waals surface area contributed by atoms with Crippen LogP contribution in [-0.2, 0) is 19.6 Å². The van der Waals surface area contributed by atoms with E-state index in [9.17, 15) is 18.0 Å². The molecule has 1 fully saturated rings. The third-order valence-corrected chi connectivity index (χ3v) is 6.93. The van der Waals surface area contributed by atoms with Crippen molar-refractivity contribution in [2.45, 2.75) is 39.0 Å². The topological polar surface area (TPSA) is 84.0 Å². The highest BCUT2D eigenvalue weighted by Crippen LogP contribution is 2.26. The summed E-state index contributed by atoms with van der Waals surface area (Å²) in [5, 5.41) is 0. The van der Waals surface area contributed by atoms with Crippen molar-refractivity contribution in [3.63, 3.8) is 0 Å². The van der Waals surface area contributed by atoms with Crippen molar-refractivity contribution in [2.75, 3.05) is 32.8 Å². The zero-order valence-electron chi connectivity index (χ0n) is 18.3. The summed E-state index contributed by atoms with van der Waals surface area (Å²) in [6, 6.07) is 5.66. The minimum Gasteiger partial charge on any atom is -0.452 e. The predicted octanol–water partition coefficient (Wildman–Crippen LogP) is 2.93. The van der Waals surface area contributed by atoms with Crippen molar-refractivity contribution >= 4 is 21.9 Å². The molecular formula is C22H32N2O5S. The number of esters is 1. The van der Waals surface area contributed by atoms with Crippen LogP contribution in [0.1, 0.15) is 44.5 Å². The predicted molar refractivity (Wildman–Crippen MR) is 115 cm³/mol. The maximum Gasteiger partial charge on any atom is 0.338 e. The summed E-state index contributed by atoms with van der Waals surface area (Å²) < 4.78 is 32.5. The van der Waals surface area contributed by atoms with E-state index in [0.717, 1.165) is 12.0 Å². The molecule has 2 atom stereocenters. The van der Waals surface area contributed by atoms with Crippen LogP contribution >= 0.6 is 0 Å². The number of ether oxygens (including phenoxy) is 1. The standard InChI is InChI=1S/C22H32N2O5S/c1-6-23(12-16(2)3)21(25)15-29-22(26)19-7-9-20(10-8-19)30(27,28)24-13-17(4)11-18(5)14-24/h7-10,17-18H,2,6,11-15H2,1,3-5H3. The molecule has 1 aromatic rings. The molecular weight excluding hydrogens is 404 g/mol. The Balaban J connectivity index is 2.02. The monoisotopic (exact) mass is 436 g/mol. The van der Waals surface area contributed by atoms with Crippen LogP contribution in [0, 0.1) is 11.8 Å². The van der Waals surface area contributed by atoms with Gasteiger partial charge in [-0.2, -0.15) is 4.31 Å². The summed E-state index contributed by atoms with van der Waals surface area (Å²) in [5.74, 6) is -0.356. The first-order chi connectivity index (χ1) is 14.0. The van der Waals surface area contributed by atoms with Crippen molar-refractivity contribution in [1.29, 1.82) is 0 Å². The Kier molecular flexibility index (Phi) is 8.20. The third kappa shape index (κ3) is 6.15. The average Bonchev–Trinajstić information content (AvgIpc) is 2.69. The number of likely N-dealkylation sites (N-methyl/N-ethyl adjacent to an activating group) is 1. The van der Waals surface area contributed by atoms with Gasteiger partial charge in [0.05, 0.1) is 10.5 Å². The highest BCUT2D eigenvalue weighted by molar-refractivity contribution is 7.89. The van der Waals surface area contributed by atoms with Gasteiger partial charge < -0.3 is 9.64 Å². The summed E-state index contributed by atoms with van der Waals surface area (Å²) >= 11 is 0. The molecule has 0 N–H and O–H groups in total. The lowest BCUT2D eigenvalue weighted by atomic mass is 9.94.